The number of carbonyl (C=O) groups excluding carboxylic acids is 1. The maximum absolute atomic E-state index is 12.2. The number of carbonyl (C=O) groups is 1. The Bertz CT molecular complexity index is 574. The number of nitrogens with two attached hydrogens (primary N) is 1. The number of rotatable bonds is 4. The first-order chi connectivity index (χ1) is 9.99. The Balaban J connectivity index is 2.38. The summed E-state index contributed by atoms with van der Waals surface area (Å²) in [7, 11) is 0. The predicted octanol–water partition coefficient (Wildman–Crippen LogP) is 2.66. The van der Waals surface area contributed by atoms with Crippen molar-refractivity contribution in [1.29, 1.82) is 5.26 Å². The summed E-state index contributed by atoms with van der Waals surface area (Å²) in [5, 5.41) is 10.2. The van der Waals surface area contributed by atoms with E-state index in [1.54, 1.807) is 0 Å². The van der Waals surface area contributed by atoms with Crippen molar-refractivity contribution < 1.29 is 9.53 Å². The third kappa shape index (κ3) is 3.04. The van der Waals surface area contributed by atoms with Crippen LogP contribution in [0.15, 0.2) is 0 Å². The molecule has 1 aliphatic heterocycles. The van der Waals surface area contributed by atoms with Crippen LogP contribution in [0.4, 0.5) is 10.7 Å². The fourth-order valence-corrected chi connectivity index (χ4v) is 3.65. The van der Waals surface area contributed by atoms with Gasteiger partial charge in [0.2, 0.25) is 0 Å². The molecule has 1 fully saturated rings. The van der Waals surface area contributed by atoms with E-state index in [9.17, 15) is 10.1 Å². The minimum atomic E-state index is -0.126. The first-order valence-corrected chi connectivity index (χ1v) is 8.04. The number of ketones is 1. The van der Waals surface area contributed by atoms with Crippen molar-refractivity contribution >= 4 is 27.8 Å². The topological polar surface area (TPSA) is 79.4 Å². The third-order valence-corrected chi connectivity index (χ3v) is 4.95. The van der Waals surface area contributed by atoms with E-state index in [1.165, 1.54) is 11.3 Å². The minimum absolute atomic E-state index is 0.000510. The maximum Gasteiger partial charge on any atom is 0.177 e. The number of nitrogens with zero attached hydrogens (tertiary/aromatic N) is 2. The summed E-state index contributed by atoms with van der Waals surface area (Å²) in [4.78, 5) is 14.9. The molecule has 1 atom stereocenters. The Hall–Kier alpha value is -1.58. The molecule has 0 radical (unpaired) electrons. The van der Waals surface area contributed by atoms with E-state index in [1.807, 2.05) is 13.8 Å². The van der Waals surface area contributed by atoms with Crippen molar-refractivity contribution in [3.8, 4) is 6.07 Å². The molecule has 1 aromatic rings. The number of morpholine rings is 1. The van der Waals surface area contributed by atoms with E-state index in [0.29, 0.717) is 22.7 Å². The van der Waals surface area contributed by atoms with Crippen LogP contribution in [-0.2, 0) is 4.74 Å². The van der Waals surface area contributed by atoms with Gasteiger partial charge in [-0.15, -0.1) is 11.3 Å². The Morgan fingerprint density at radius 1 is 1.62 bits per heavy atom. The number of Topliss-reactive ketones (excluding diaryl/α,β-unsaturated/α-hetero) is 1. The largest absolute Gasteiger partial charge is 0.396 e. The van der Waals surface area contributed by atoms with Gasteiger partial charge in [-0.1, -0.05) is 20.8 Å². The summed E-state index contributed by atoms with van der Waals surface area (Å²) in [5.74, 6) is -0.126. The van der Waals surface area contributed by atoms with E-state index in [2.05, 4.69) is 17.9 Å². The quantitative estimate of drug-likeness (QED) is 0.865. The number of anilines is 2. The van der Waals surface area contributed by atoms with Gasteiger partial charge in [0.15, 0.2) is 5.78 Å². The molecule has 0 saturated carbocycles. The van der Waals surface area contributed by atoms with Crippen LogP contribution in [0.3, 0.4) is 0 Å². The zero-order valence-electron chi connectivity index (χ0n) is 12.7. The number of ether oxygens (including phenoxy) is 1. The minimum Gasteiger partial charge on any atom is -0.396 e. The summed E-state index contributed by atoms with van der Waals surface area (Å²) in [6.45, 7) is 7.86. The highest BCUT2D eigenvalue weighted by Gasteiger charge is 2.28. The van der Waals surface area contributed by atoms with E-state index < -0.39 is 0 Å². The van der Waals surface area contributed by atoms with Crippen LogP contribution in [0.2, 0.25) is 0 Å². The van der Waals surface area contributed by atoms with Gasteiger partial charge in [0.1, 0.15) is 16.6 Å². The van der Waals surface area contributed by atoms with Gasteiger partial charge in [-0.25, -0.2) is 0 Å². The van der Waals surface area contributed by atoms with Gasteiger partial charge in [-0.05, 0) is 6.42 Å². The Labute approximate surface area is 129 Å². The lowest BCUT2D eigenvalue weighted by Gasteiger charge is -2.33. The smallest absolute Gasteiger partial charge is 0.177 e. The first-order valence-electron chi connectivity index (χ1n) is 7.22. The molecule has 0 aliphatic carbocycles. The van der Waals surface area contributed by atoms with E-state index in [-0.39, 0.29) is 17.8 Å². The van der Waals surface area contributed by atoms with Crippen LogP contribution in [0.25, 0.3) is 0 Å². The Morgan fingerprint density at radius 2 is 2.33 bits per heavy atom. The van der Waals surface area contributed by atoms with Crippen LogP contribution >= 0.6 is 11.3 Å². The first kappa shape index (κ1) is 15.8. The van der Waals surface area contributed by atoms with Crippen LogP contribution in [0.1, 0.15) is 42.4 Å². The Morgan fingerprint density at radius 3 is 2.90 bits per heavy atom. The van der Waals surface area contributed by atoms with Crippen molar-refractivity contribution in [2.45, 2.75) is 33.3 Å². The second kappa shape index (κ2) is 6.46. The molecule has 1 saturated heterocycles. The van der Waals surface area contributed by atoms with Crippen LogP contribution < -0.4 is 10.6 Å². The second-order valence-electron chi connectivity index (χ2n) is 5.50. The summed E-state index contributed by atoms with van der Waals surface area (Å²) in [6.07, 6.45) is 1.09. The summed E-state index contributed by atoms with van der Waals surface area (Å²) in [5.41, 5.74) is 6.80. The van der Waals surface area contributed by atoms with Gasteiger partial charge < -0.3 is 15.4 Å². The number of nitriles is 1. The average Bonchev–Trinajstić information content (AvgIpc) is 2.83. The maximum atomic E-state index is 12.2. The number of nitrogen functional groups attached to an aromatic ring is 1. The van der Waals surface area contributed by atoms with Gasteiger partial charge in [-0.3, -0.25) is 4.79 Å². The highest BCUT2D eigenvalue weighted by molar-refractivity contribution is 7.19. The zero-order valence-corrected chi connectivity index (χ0v) is 13.5. The van der Waals surface area contributed by atoms with E-state index in [0.717, 1.165) is 24.5 Å². The molecule has 1 aromatic heterocycles. The molecule has 5 nitrogen and oxygen atoms in total. The van der Waals surface area contributed by atoms with Crippen LogP contribution in [-0.4, -0.2) is 31.6 Å². The molecule has 0 amide bonds. The molecule has 0 aromatic carbocycles. The molecule has 2 N–H and O–H groups in total. The van der Waals surface area contributed by atoms with Crippen molar-refractivity contribution in [1.82, 2.24) is 0 Å². The van der Waals surface area contributed by atoms with Crippen molar-refractivity contribution in [3.05, 3.63) is 10.4 Å². The van der Waals surface area contributed by atoms with Crippen molar-refractivity contribution in [2.24, 2.45) is 5.92 Å². The molecule has 2 rings (SSSR count). The van der Waals surface area contributed by atoms with E-state index >= 15 is 0 Å². The molecule has 114 valence electrons. The highest BCUT2D eigenvalue weighted by Crippen LogP contribution is 2.39. The van der Waals surface area contributed by atoms with Gasteiger partial charge in [0, 0.05) is 19.0 Å². The molecule has 1 aliphatic rings. The van der Waals surface area contributed by atoms with Gasteiger partial charge >= 0.3 is 0 Å². The van der Waals surface area contributed by atoms with Crippen molar-refractivity contribution in [3.63, 3.8) is 0 Å². The molecular weight excluding hydrogens is 286 g/mol. The molecule has 2 heterocycles. The van der Waals surface area contributed by atoms with Crippen molar-refractivity contribution in [2.75, 3.05) is 30.3 Å². The van der Waals surface area contributed by atoms with E-state index in [4.69, 9.17) is 10.5 Å². The number of hydrogen-bond acceptors (Lipinski definition) is 6. The fourth-order valence-electron chi connectivity index (χ4n) is 2.36. The molecule has 1 unspecified atom stereocenters. The SMILES string of the molecule is CCC1CN(c2sc(C(=O)C(C)C)c(N)c2C#N)CCO1. The monoisotopic (exact) mass is 307 g/mol. The summed E-state index contributed by atoms with van der Waals surface area (Å²) >= 11 is 1.34. The fraction of sp³-hybridized carbons (Fsp3) is 0.600. The lowest BCUT2D eigenvalue weighted by molar-refractivity contribution is 0.0386. The van der Waals surface area contributed by atoms with Gasteiger partial charge in [0.25, 0.3) is 0 Å². The van der Waals surface area contributed by atoms with Crippen LogP contribution in [0, 0.1) is 17.2 Å². The summed E-state index contributed by atoms with van der Waals surface area (Å²) < 4.78 is 5.66. The molecule has 0 spiro atoms. The number of thiophene rings is 1. The highest BCUT2D eigenvalue weighted by atomic mass is 32.1. The molecular formula is C15H21N3O2S. The number of hydrogen-bond donors (Lipinski definition) is 1. The van der Waals surface area contributed by atoms with Gasteiger partial charge in [-0.2, -0.15) is 5.26 Å². The third-order valence-electron chi connectivity index (χ3n) is 3.67. The molecule has 6 heteroatoms. The average molecular weight is 307 g/mol. The van der Waals surface area contributed by atoms with Gasteiger partial charge in [0.05, 0.1) is 23.3 Å². The zero-order chi connectivity index (χ0) is 15.6. The molecule has 0 bridgehead atoms. The lowest BCUT2D eigenvalue weighted by atomic mass is 10.1. The lowest BCUT2D eigenvalue weighted by Crippen LogP contribution is -2.42. The Kier molecular flexibility index (Phi) is 4.86. The normalized spacial score (nSPS) is 18.8. The molecule has 21 heavy (non-hydrogen) atoms. The summed E-state index contributed by atoms with van der Waals surface area (Å²) in [6, 6.07) is 2.16. The standard InChI is InChI=1S/C15H21N3O2S/c1-4-10-8-18(5-6-20-10)15-11(7-16)12(17)14(21-15)13(19)9(2)3/h9-10H,4-6,8,17H2,1-3H3. The predicted molar refractivity (Wildman–Crippen MR) is 84.9 cm³/mol. The van der Waals surface area contributed by atoms with Crippen LogP contribution in [0.5, 0.6) is 0 Å². The second-order valence-corrected chi connectivity index (χ2v) is 6.50.